The third kappa shape index (κ3) is 3.00. The average Bonchev–Trinajstić information content (AvgIpc) is 2.51. The van der Waals surface area contributed by atoms with Gasteiger partial charge in [0.1, 0.15) is 6.61 Å². The van der Waals surface area contributed by atoms with Crippen molar-refractivity contribution in [1.82, 2.24) is 4.90 Å². The van der Waals surface area contributed by atoms with Crippen LogP contribution in [0, 0.1) is 5.92 Å². The molecule has 3 aliphatic heterocycles. The van der Waals surface area contributed by atoms with Crippen molar-refractivity contribution in [2.75, 3.05) is 13.2 Å². The lowest BCUT2D eigenvalue weighted by Gasteiger charge is -2.46. The highest BCUT2D eigenvalue weighted by atomic mass is 16.6. The molecule has 0 spiro atoms. The fraction of sp³-hybridized carbons (Fsp3) is 0.526. The van der Waals surface area contributed by atoms with Gasteiger partial charge < -0.3 is 9.47 Å². The first-order chi connectivity index (χ1) is 11.3. The monoisotopic (exact) mass is 313 g/mol. The van der Waals surface area contributed by atoms with E-state index in [4.69, 9.17) is 9.47 Å². The van der Waals surface area contributed by atoms with Gasteiger partial charge in [-0.05, 0) is 31.2 Å². The summed E-state index contributed by atoms with van der Waals surface area (Å²) in [7, 11) is 0. The van der Waals surface area contributed by atoms with Gasteiger partial charge in [-0.15, -0.1) is 0 Å². The molecule has 3 heterocycles. The molecule has 4 nitrogen and oxygen atoms in total. The lowest BCUT2D eigenvalue weighted by molar-refractivity contribution is -0.0209. The van der Waals surface area contributed by atoms with Gasteiger partial charge in [-0.3, -0.25) is 4.90 Å². The molecule has 3 aliphatic rings. The number of rotatable bonds is 3. The van der Waals surface area contributed by atoms with E-state index in [-0.39, 0.29) is 12.1 Å². The molecule has 0 aliphatic carbocycles. The fourth-order valence-corrected chi connectivity index (χ4v) is 3.89. The van der Waals surface area contributed by atoms with Crippen LogP contribution in [0.3, 0.4) is 0 Å². The van der Waals surface area contributed by atoms with Crippen molar-refractivity contribution in [3.8, 4) is 0 Å². The zero-order valence-electron chi connectivity index (χ0n) is 13.3. The highest BCUT2D eigenvalue weighted by molar-refractivity contribution is 5.69. The highest BCUT2D eigenvalue weighted by Crippen LogP contribution is 2.38. The quantitative estimate of drug-likeness (QED) is 0.801. The Labute approximate surface area is 137 Å². The van der Waals surface area contributed by atoms with Gasteiger partial charge in [-0.2, -0.15) is 0 Å². The SMILES string of the molecule is O=C(OCc1ccccc1)N1C2C=C(C3COC3)CC1CCC2. The Hall–Kier alpha value is -1.81. The lowest BCUT2D eigenvalue weighted by atomic mass is 9.80. The molecule has 1 aromatic carbocycles. The molecule has 0 aromatic heterocycles. The number of carbonyl (C=O) groups is 1. The molecule has 2 atom stereocenters. The minimum atomic E-state index is -0.163. The maximum absolute atomic E-state index is 12.6. The number of ether oxygens (including phenoxy) is 2. The molecule has 0 radical (unpaired) electrons. The van der Waals surface area contributed by atoms with Crippen LogP contribution in [0.5, 0.6) is 0 Å². The number of amides is 1. The number of carbonyl (C=O) groups excluding carboxylic acids is 1. The molecule has 2 saturated heterocycles. The summed E-state index contributed by atoms with van der Waals surface area (Å²) in [6, 6.07) is 10.4. The van der Waals surface area contributed by atoms with Crippen molar-refractivity contribution in [2.45, 2.75) is 44.4 Å². The molecule has 2 fully saturated rings. The highest BCUT2D eigenvalue weighted by Gasteiger charge is 2.40. The summed E-state index contributed by atoms with van der Waals surface area (Å²) in [6.45, 7) is 2.05. The van der Waals surface area contributed by atoms with Gasteiger partial charge in [0.15, 0.2) is 0 Å². The van der Waals surface area contributed by atoms with Crippen LogP contribution in [0.25, 0.3) is 0 Å². The van der Waals surface area contributed by atoms with Gasteiger partial charge in [-0.1, -0.05) is 42.0 Å². The van der Waals surface area contributed by atoms with Crippen molar-refractivity contribution in [2.24, 2.45) is 5.92 Å². The predicted molar refractivity (Wildman–Crippen MR) is 86.9 cm³/mol. The van der Waals surface area contributed by atoms with Crippen molar-refractivity contribution in [3.05, 3.63) is 47.5 Å². The molecule has 2 unspecified atom stereocenters. The van der Waals surface area contributed by atoms with Crippen molar-refractivity contribution in [1.29, 1.82) is 0 Å². The number of nitrogens with zero attached hydrogens (tertiary/aromatic N) is 1. The van der Waals surface area contributed by atoms with Crippen molar-refractivity contribution in [3.63, 3.8) is 0 Å². The third-order valence-corrected chi connectivity index (χ3v) is 5.24. The number of fused-ring (bicyclic) bond motifs is 2. The molecule has 23 heavy (non-hydrogen) atoms. The maximum Gasteiger partial charge on any atom is 0.410 e. The molecular weight excluding hydrogens is 290 g/mol. The Kier molecular flexibility index (Phi) is 4.08. The van der Waals surface area contributed by atoms with Gasteiger partial charge in [0.05, 0.1) is 19.3 Å². The Balaban J connectivity index is 1.43. The Bertz CT molecular complexity index is 594. The summed E-state index contributed by atoms with van der Waals surface area (Å²) >= 11 is 0. The van der Waals surface area contributed by atoms with Gasteiger partial charge in [0.2, 0.25) is 0 Å². The predicted octanol–water partition coefficient (Wildman–Crippen LogP) is 3.52. The summed E-state index contributed by atoms with van der Waals surface area (Å²) in [4.78, 5) is 14.6. The molecule has 2 bridgehead atoms. The summed E-state index contributed by atoms with van der Waals surface area (Å²) in [5.41, 5.74) is 2.53. The van der Waals surface area contributed by atoms with Gasteiger partial charge >= 0.3 is 6.09 Å². The fourth-order valence-electron chi connectivity index (χ4n) is 3.89. The first-order valence-electron chi connectivity index (χ1n) is 8.58. The van der Waals surface area contributed by atoms with E-state index in [0.717, 1.165) is 38.0 Å². The van der Waals surface area contributed by atoms with Crippen LogP contribution >= 0.6 is 0 Å². The molecule has 122 valence electrons. The summed E-state index contributed by atoms with van der Waals surface area (Å²) in [5, 5.41) is 0. The first kappa shape index (κ1) is 14.8. The standard InChI is InChI=1S/C19H23NO3/c21-19(23-11-14-5-2-1-3-6-14)20-17-7-4-8-18(20)10-15(9-17)16-12-22-13-16/h1-3,5-6,9,16-18H,4,7-8,10-13H2. The van der Waals surface area contributed by atoms with E-state index < -0.39 is 0 Å². The summed E-state index contributed by atoms with van der Waals surface area (Å²) in [5.74, 6) is 0.584. The van der Waals surface area contributed by atoms with E-state index >= 15 is 0 Å². The number of hydrogen-bond acceptors (Lipinski definition) is 3. The van der Waals surface area contributed by atoms with E-state index in [1.54, 1.807) is 0 Å². The van der Waals surface area contributed by atoms with Crippen LogP contribution in [0.4, 0.5) is 4.79 Å². The Morgan fingerprint density at radius 2 is 2.04 bits per heavy atom. The minimum Gasteiger partial charge on any atom is -0.445 e. The molecule has 0 saturated carbocycles. The molecule has 1 aromatic rings. The lowest BCUT2D eigenvalue weighted by Crippen LogP contribution is -2.53. The molecule has 4 rings (SSSR count). The zero-order valence-corrected chi connectivity index (χ0v) is 13.3. The van der Waals surface area contributed by atoms with Crippen LogP contribution < -0.4 is 0 Å². The summed E-state index contributed by atoms with van der Waals surface area (Å²) in [6.07, 6.45) is 6.47. The molecule has 0 N–H and O–H groups in total. The first-order valence-corrected chi connectivity index (χ1v) is 8.58. The normalized spacial score (nSPS) is 27.1. The van der Waals surface area contributed by atoms with Crippen LogP contribution in [0.15, 0.2) is 42.0 Å². The largest absolute Gasteiger partial charge is 0.445 e. The second kappa shape index (κ2) is 6.36. The van der Waals surface area contributed by atoms with Crippen LogP contribution in [0.2, 0.25) is 0 Å². The van der Waals surface area contributed by atoms with Gasteiger partial charge in [0.25, 0.3) is 0 Å². The Morgan fingerprint density at radius 3 is 2.74 bits per heavy atom. The summed E-state index contributed by atoms with van der Waals surface area (Å²) < 4.78 is 10.9. The van der Waals surface area contributed by atoms with Crippen molar-refractivity contribution < 1.29 is 14.3 Å². The third-order valence-electron chi connectivity index (χ3n) is 5.24. The van der Waals surface area contributed by atoms with E-state index in [0.29, 0.717) is 18.6 Å². The number of benzene rings is 1. The van der Waals surface area contributed by atoms with E-state index in [2.05, 4.69) is 6.08 Å². The number of hydrogen-bond donors (Lipinski definition) is 0. The second-order valence-corrected chi connectivity index (χ2v) is 6.78. The Morgan fingerprint density at radius 1 is 1.22 bits per heavy atom. The van der Waals surface area contributed by atoms with Gasteiger partial charge in [0, 0.05) is 12.0 Å². The van der Waals surface area contributed by atoms with E-state index in [1.807, 2.05) is 35.2 Å². The molecular formula is C19H23NO3. The topological polar surface area (TPSA) is 38.8 Å². The minimum absolute atomic E-state index is 0.163. The molecule has 4 heteroatoms. The van der Waals surface area contributed by atoms with E-state index in [9.17, 15) is 4.79 Å². The number of piperidine rings is 1. The van der Waals surface area contributed by atoms with Crippen LogP contribution in [0.1, 0.15) is 31.2 Å². The maximum atomic E-state index is 12.6. The second-order valence-electron chi connectivity index (χ2n) is 6.78. The smallest absolute Gasteiger partial charge is 0.410 e. The zero-order chi connectivity index (χ0) is 15.6. The molecule has 1 amide bonds. The van der Waals surface area contributed by atoms with E-state index in [1.165, 1.54) is 12.0 Å². The van der Waals surface area contributed by atoms with Gasteiger partial charge in [-0.25, -0.2) is 4.79 Å². The van der Waals surface area contributed by atoms with Crippen LogP contribution in [-0.4, -0.2) is 36.3 Å². The average molecular weight is 313 g/mol. The van der Waals surface area contributed by atoms with Crippen LogP contribution in [-0.2, 0) is 16.1 Å². The van der Waals surface area contributed by atoms with Crippen molar-refractivity contribution >= 4 is 6.09 Å².